The number of halogens is 2. The number of benzene rings is 2. The van der Waals surface area contributed by atoms with E-state index in [1.807, 2.05) is 38.1 Å². The van der Waals surface area contributed by atoms with Crippen LogP contribution in [0, 0.1) is 5.82 Å². The summed E-state index contributed by atoms with van der Waals surface area (Å²) in [5, 5.41) is 0.574. The molecule has 5 nitrogen and oxygen atoms in total. The van der Waals surface area contributed by atoms with Gasteiger partial charge in [-0.3, -0.25) is 9.69 Å². The zero-order chi connectivity index (χ0) is 24.7. The van der Waals surface area contributed by atoms with E-state index in [1.165, 1.54) is 17.0 Å². The van der Waals surface area contributed by atoms with E-state index in [1.54, 1.807) is 31.3 Å². The van der Waals surface area contributed by atoms with Crippen LogP contribution in [0.15, 0.2) is 77.3 Å². The van der Waals surface area contributed by atoms with Crippen LogP contribution in [0.5, 0.6) is 5.75 Å². The van der Waals surface area contributed by atoms with Gasteiger partial charge in [0.25, 0.3) is 5.91 Å². The van der Waals surface area contributed by atoms with E-state index in [-0.39, 0.29) is 24.1 Å². The molecular weight excluding hydrogens is 453 g/mol. The van der Waals surface area contributed by atoms with Crippen molar-refractivity contribution in [3.05, 3.63) is 94.8 Å². The van der Waals surface area contributed by atoms with Gasteiger partial charge in [-0.1, -0.05) is 48.5 Å². The number of nitrogens with zero attached hydrogens (tertiary/aromatic N) is 2. The van der Waals surface area contributed by atoms with Crippen molar-refractivity contribution in [1.29, 1.82) is 0 Å². The van der Waals surface area contributed by atoms with Crippen LogP contribution in [0.25, 0.3) is 5.57 Å². The van der Waals surface area contributed by atoms with Gasteiger partial charge in [-0.2, -0.15) is 0 Å². The molecule has 1 amide bonds. The zero-order valence-electron chi connectivity index (χ0n) is 19.4. The molecule has 2 atom stereocenters. The predicted octanol–water partition coefficient (Wildman–Crippen LogP) is 5.30. The normalized spacial score (nSPS) is 24.7. The van der Waals surface area contributed by atoms with Gasteiger partial charge in [0.05, 0.1) is 0 Å². The molecule has 7 heteroatoms. The van der Waals surface area contributed by atoms with Crippen molar-refractivity contribution in [2.45, 2.75) is 37.8 Å². The van der Waals surface area contributed by atoms with Crippen LogP contribution in [0.2, 0.25) is 0 Å². The Labute approximate surface area is 204 Å². The Bertz CT molecular complexity index is 1250. The van der Waals surface area contributed by atoms with Crippen LogP contribution < -0.4 is 10.5 Å². The molecule has 1 spiro atoms. The number of hydrogen-bond acceptors (Lipinski definition) is 4. The van der Waals surface area contributed by atoms with Gasteiger partial charge >= 0.3 is 0 Å². The number of allylic oxidation sites excluding steroid dienone is 5. The van der Waals surface area contributed by atoms with Gasteiger partial charge in [-0.25, -0.2) is 9.38 Å². The molecule has 2 aliphatic rings. The Morgan fingerprint density at radius 2 is 2.03 bits per heavy atom. The average molecular weight is 480 g/mol. The summed E-state index contributed by atoms with van der Waals surface area (Å²) in [5.74, 6) is 0.193. The molecule has 0 aliphatic carbocycles. The Hall–Kier alpha value is -3.38. The summed E-state index contributed by atoms with van der Waals surface area (Å²) < 4.78 is 19.9. The lowest BCUT2D eigenvalue weighted by molar-refractivity contribution is -0.133. The van der Waals surface area contributed by atoms with E-state index >= 15 is 0 Å². The molecule has 0 saturated carbocycles. The molecule has 34 heavy (non-hydrogen) atoms. The highest BCUT2D eigenvalue weighted by atomic mass is 35.5. The van der Waals surface area contributed by atoms with E-state index < -0.39 is 11.1 Å². The van der Waals surface area contributed by atoms with Gasteiger partial charge in [-0.05, 0) is 60.9 Å². The first kappa shape index (κ1) is 23.8. The van der Waals surface area contributed by atoms with Gasteiger partial charge in [0.15, 0.2) is 11.5 Å². The molecule has 2 aromatic carbocycles. The number of amides is 1. The number of hydrogen-bond donors (Lipinski definition) is 1. The zero-order valence-corrected chi connectivity index (χ0v) is 20.2. The molecular formula is C27H27ClFN3O2. The van der Waals surface area contributed by atoms with Gasteiger partial charge in [0.1, 0.15) is 17.2 Å². The third-order valence-electron chi connectivity index (χ3n) is 6.33. The number of carbonyl (C=O) groups is 1. The first-order chi connectivity index (χ1) is 16.1. The second-order valence-electron chi connectivity index (χ2n) is 8.91. The number of likely N-dealkylation sites (N-methyl/N-ethyl adjacent to an activating group) is 1. The Kier molecular flexibility index (Phi) is 6.13. The number of carbonyl (C=O) groups excluding carboxylic acids is 1. The highest BCUT2D eigenvalue weighted by Gasteiger charge is 2.56. The molecule has 2 aliphatic heterocycles. The van der Waals surface area contributed by atoms with Gasteiger partial charge in [0, 0.05) is 30.5 Å². The Morgan fingerprint density at radius 1 is 1.32 bits per heavy atom. The van der Waals surface area contributed by atoms with E-state index in [2.05, 4.69) is 11.6 Å². The minimum absolute atomic E-state index is 0.156. The van der Waals surface area contributed by atoms with Crippen molar-refractivity contribution in [3.63, 3.8) is 0 Å². The van der Waals surface area contributed by atoms with Gasteiger partial charge in [-0.15, -0.1) is 0 Å². The number of rotatable bonds is 5. The topological polar surface area (TPSA) is 67.9 Å². The van der Waals surface area contributed by atoms with Crippen molar-refractivity contribution in [2.75, 3.05) is 7.05 Å². The fourth-order valence-electron chi connectivity index (χ4n) is 4.67. The van der Waals surface area contributed by atoms with E-state index in [0.717, 1.165) is 16.7 Å². The lowest BCUT2D eigenvalue weighted by Crippen LogP contribution is -2.51. The second kappa shape index (κ2) is 8.76. The van der Waals surface area contributed by atoms with E-state index in [4.69, 9.17) is 22.1 Å². The first-order valence-electron chi connectivity index (χ1n) is 11.0. The predicted molar refractivity (Wildman–Crippen MR) is 134 cm³/mol. The third kappa shape index (κ3) is 4.14. The van der Waals surface area contributed by atoms with Crippen LogP contribution in [-0.4, -0.2) is 29.4 Å². The van der Waals surface area contributed by atoms with Gasteiger partial charge in [0.2, 0.25) is 0 Å². The SMILES string of the molecule is C=CC(=CC(Cl)=CC)c1ccc2c(c1)C1(CC(C)(Cc3ccc(F)cc3)O2)N=C(N)N(C)C1=O. The maximum Gasteiger partial charge on any atom is 0.261 e. The highest BCUT2D eigenvalue weighted by Crippen LogP contribution is 2.50. The number of ether oxygens (including phenoxy) is 1. The second-order valence-corrected chi connectivity index (χ2v) is 9.35. The summed E-state index contributed by atoms with van der Waals surface area (Å²) in [6.07, 6.45) is 6.06. The molecule has 0 fully saturated rings. The lowest BCUT2D eigenvalue weighted by Gasteiger charge is -2.43. The third-order valence-corrected chi connectivity index (χ3v) is 6.66. The number of fused-ring (bicyclic) bond motifs is 2. The van der Waals surface area contributed by atoms with Crippen molar-refractivity contribution in [2.24, 2.45) is 10.7 Å². The number of guanidine groups is 1. The smallest absolute Gasteiger partial charge is 0.261 e. The average Bonchev–Trinajstić information content (AvgIpc) is 3.02. The Balaban J connectivity index is 1.85. The fourth-order valence-corrected chi connectivity index (χ4v) is 4.79. The van der Waals surface area contributed by atoms with Crippen molar-refractivity contribution in [3.8, 4) is 5.75 Å². The molecule has 0 radical (unpaired) electrons. The summed E-state index contributed by atoms with van der Waals surface area (Å²) in [4.78, 5) is 19.6. The molecule has 176 valence electrons. The minimum atomic E-state index is -1.23. The molecule has 2 heterocycles. The summed E-state index contributed by atoms with van der Waals surface area (Å²) in [6, 6.07) is 11.9. The van der Waals surface area contributed by atoms with Crippen molar-refractivity contribution >= 4 is 29.0 Å². The van der Waals surface area contributed by atoms with Crippen LogP contribution in [0.1, 0.15) is 37.0 Å². The van der Waals surface area contributed by atoms with Crippen LogP contribution in [-0.2, 0) is 16.8 Å². The summed E-state index contributed by atoms with van der Waals surface area (Å²) in [6.45, 7) is 7.69. The molecule has 0 aromatic heterocycles. The summed E-state index contributed by atoms with van der Waals surface area (Å²) >= 11 is 6.23. The minimum Gasteiger partial charge on any atom is -0.487 e. The molecule has 2 N–H and O–H groups in total. The standard InChI is InChI=1S/C27H27ClFN3O2/c1-5-18(13-20(28)6-2)19-9-12-23-22(14-19)27(24(33)32(4)25(30)31-27)16-26(3,34-23)15-17-7-10-21(29)11-8-17/h5-14H,1,15-16H2,2-4H3,(H2,30,31). The summed E-state index contributed by atoms with van der Waals surface area (Å²) in [7, 11) is 1.62. The Morgan fingerprint density at radius 3 is 2.62 bits per heavy atom. The molecule has 4 rings (SSSR count). The lowest BCUT2D eigenvalue weighted by atomic mass is 9.74. The van der Waals surface area contributed by atoms with E-state index in [9.17, 15) is 9.18 Å². The largest absolute Gasteiger partial charge is 0.487 e. The summed E-state index contributed by atoms with van der Waals surface area (Å²) in [5.41, 5.74) is 7.28. The maximum atomic E-state index is 13.6. The van der Waals surface area contributed by atoms with Gasteiger partial charge < -0.3 is 10.5 Å². The molecule has 2 unspecified atom stereocenters. The molecule has 0 saturated heterocycles. The monoisotopic (exact) mass is 479 g/mol. The van der Waals surface area contributed by atoms with Crippen LogP contribution in [0.3, 0.4) is 0 Å². The van der Waals surface area contributed by atoms with Crippen molar-refractivity contribution in [1.82, 2.24) is 4.90 Å². The van der Waals surface area contributed by atoms with E-state index in [0.29, 0.717) is 22.8 Å². The number of nitrogens with two attached hydrogens (primary N) is 1. The molecule has 2 aromatic rings. The maximum absolute atomic E-state index is 13.6. The number of aliphatic imine (C=N–C) groups is 1. The van der Waals surface area contributed by atoms with Crippen LogP contribution >= 0.6 is 11.6 Å². The molecule has 0 bridgehead atoms. The first-order valence-corrected chi connectivity index (χ1v) is 11.4. The highest BCUT2D eigenvalue weighted by molar-refractivity contribution is 6.31. The fraction of sp³-hybridized carbons (Fsp3) is 0.259. The quantitative estimate of drug-likeness (QED) is 0.591. The van der Waals surface area contributed by atoms with Crippen LogP contribution in [0.4, 0.5) is 4.39 Å². The van der Waals surface area contributed by atoms with Crippen molar-refractivity contribution < 1.29 is 13.9 Å².